The summed E-state index contributed by atoms with van der Waals surface area (Å²) < 4.78 is 8.72. The van der Waals surface area contributed by atoms with E-state index in [9.17, 15) is 9.59 Å². The molecule has 3 aromatic heterocycles. The van der Waals surface area contributed by atoms with Crippen molar-refractivity contribution in [3.05, 3.63) is 98.0 Å². The second-order valence-electron chi connectivity index (χ2n) is 6.88. The van der Waals surface area contributed by atoms with Gasteiger partial charge in [0.2, 0.25) is 0 Å². The number of amides is 1. The van der Waals surface area contributed by atoms with Gasteiger partial charge in [-0.25, -0.2) is 9.78 Å². The number of nitrogens with zero attached hydrogens (tertiary/aromatic N) is 2. The summed E-state index contributed by atoms with van der Waals surface area (Å²) in [5.41, 5.74) is 2.79. The van der Waals surface area contributed by atoms with Gasteiger partial charge < -0.3 is 14.1 Å². The molecule has 0 bridgehead atoms. The molecule has 0 fully saturated rings. The summed E-state index contributed by atoms with van der Waals surface area (Å²) in [4.78, 5) is 29.7. The molecule has 152 valence electrons. The van der Waals surface area contributed by atoms with E-state index in [-0.39, 0.29) is 5.56 Å². The first-order valence-electron chi connectivity index (χ1n) is 9.26. The minimum atomic E-state index is -0.700. The molecule has 5 rings (SSSR count). The Kier molecular flexibility index (Phi) is 4.95. The fourth-order valence-electron chi connectivity index (χ4n) is 3.31. The number of fused-ring (bicyclic) bond motifs is 2. The number of carbonyl (C=O) groups is 1. The predicted octanol–water partition coefficient (Wildman–Crippen LogP) is 5.89. The van der Waals surface area contributed by atoms with Crippen molar-refractivity contribution in [1.82, 2.24) is 9.38 Å². The van der Waals surface area contributed by atoms with Crippen LogP contribution in [0, 0.1) is 0 Å². The van der Waals surface area contributed by atoms with Crippen molar-refractivity contribution >= 4 is 60.1 Å². The van der Waals surface area contributed by atoms with Crippen molar-refractivity contribution < 1.29 is 9.21 Å². The molecule has 0 radical (unpaired) electrons. The number of carbonyl (C=O) groups excluding carboxylic acids is 1. The van der Waals surface area contributed by atoms with Crippen LogP contribution in [-0.4, -0.2) is 15.3 Å². The fraction of sp³-hybridized carbons (Fsp3) is 0. The van der Waals surface area contributed by atoms with Crippen LogP contribution in [0.1, 0.15) is 10.4 Å². The maximum absolute atomic E-state index is 12.7. The van der Waals surface area contributed by atoms with Crippen molar-refractivity contribution in [2.75, 3.05) is 5.32 Å². The van der Waals surface area contributed by atoms with E-state index < -0.39 is 11.5 Å². The highest BCUT2D eigenvalue weighted by Crippen LogP contribution is 2.28. The highest BCUT2D eigenvalue weighted by Gasteiger charge is 2.16. The Morgan fingerprint density at radius 1 is 1.03 bits per heavy atom. The number of pyridine rings is 1. The minimum absolute atomic E-state index is 0.0677. The highest BCUT2D eigenvalue weighted by molar-refractivity contribution is 9.11. The van der Waals surface area contributed by atoms with E-state index in [0.717, 1.165) is 21.4 Å². The Morgan fingerprint density at radius 2 is 1.84 bits per heavy atom. The molecule has 5 aromatic rings. The van der Waals surface area contributed by atoms with Crippen LogP contribution in [0.5, 0.6) is 0 Å². The lowest BCUT2D eigenvalue weighted by molar-refractivity contribution is 0.102. The van der Waals surface area contributed by atoms with Crippen LogP contribution < -0.4 is 10.9 Å². The van der Waals surface area contributed by atoms with E-state index in [4.69, 9.17) is 4.42 Å². The van der Waals surface area contributed by atoms with Gasteiger partial charge in [0.05, 0.1) is 10.2 Å². The number of aromatic nitrogens is 2. The van der Waals surface area contributed by atoms with Crippen LogP contribution in [0.25, 0.3) is 27.9 Å². The molecule has 0 spiro atoms. The summed E-state index contributed by atoms with van der Waals surface area (Å²) in [6, 6.07) is 18.2. The Hall–Kier alpha value is -3.23. The van der Waals surface area contributed by atoms with Crippen LogP contribution in [0.4, 0.5) is 5.69 Å². The topological polar surface area (TPSA) is 76.6 Å². The SMILES string of the molecule is O=C(Nc1ccc(-c2cn3ccccc3n2)cc1)c1cc2cc(Br)cc(Br)c2oc1=O. The van der Waals surface area contributed by atoms with E-state index >= 15 is 0 Å². The first kappa shape index (κ1) is 19.7. The largest absolute Gasteiger partial charge is 0.421 e. The fourth-order valence-corrected chi connectivity index (χ4v) is 4.65. The number of hydrogen-bond acceptors (Lipinski definition) is 4. The van der Waals surface area contributed by atoms with Gasteiger partial charge in [0.1, 0.15) is 11.2 Å². The Morgan fingerprint density at radius 3 is 2.61 bits per heavy atom. The third-order valence-electron chi connectivity index (χ3n) is 4.80. The second kappa shape index (κ2) is 7.79. The molecule has 8 heteroatoms. The zero-order valence-electron chi connectivity index (χ0n) is 15.8. The molecule has 0 aliphatic rings. The summed E-state index contributed by atoms with van der Waals surface area (Å²) in [6.45, 7) is 0. The molecule has 0 unspecified atom stereocenters. The molecule has 1 N–H and O–H groups in total. The molecular formula is C23H13Br2N3O3. The molecule has 31 heavy (non-hydrogen) atoms. The number of anilines is 1. The molecule has 0 saturated heterocycles. The predicted molar refractivity (Wildman–Crippen MR) is 126 cm³/mol. The molecular weight excluding hydrogens is 526 g/mol. The number of halogens is 2. The standard InChI is InChI=1S/C23H13Br2N3O3/c24-15-9-14-10-17(23(30)31-21(14)18(25)11-15)22(29)26-16-6-4-13(5-7-16)19-12-28-8-2-1-3-20(28)27-19/h1-12H,(H,26,29). The number of rotatable bonds is 3. The normalized spacial score (nSPS) is 11.2. The molecule has 0 aliphatic heterocycles. The second-order valence-corrected chi connectivity index (χ2v) is 8.65. The summed E-state index contributed by atoms with van der Waals surface area (Å²) in [5.74, 6) is -0.535. The number of imidazole rings is 1. The van der Waals surface area contributed by atoms with Gasteiger partial charge in [-0.3, -0.25) is 4.79 Å². The summed E-state index contributed by atoms with van der Waals surface area (Å²) >= 11 is 6.76. The van der Waals surface area contributed by atoms with Gasteiger partial charge in [-0.2, -0.15) is 0 Å². The van der Waals surface area contributed by atoms with E-state index in [1.807, 2.05) is 47.1 Å². The van der Waals surface area contributed by atoms with Crippen molar-refractivity contribution in [2.45, 2.75) is 0 Å². The van der Waals surface area contributed by atoms with Gasteiger partial charge in [0.25, 0.3) is 5.91 Å². The maximum Gasteiger partial charge on any atom is 0.349 e. The van der Waals surface area contributed by atoms with E-state index in [2.05, 4.69) is 42.2 Å². The third-order valence-corrected chi connectivity index (χ3v) is 5.85. The average Bonchev–Trinajstić information content (AvgIpc) is 3.18. The Balaban J connectivity index is 1.41. The smallest absolute Gasteiger partial charge is 0.349 e. The minimum Gasteiger partial charge on any atom is -0.421 e. The lowest BCUT2D eigenvalue weighted by atomic mass is 10.1. The van der Waals surface area contributed by atoms with Crippen LogP contribution in [0.15, 0.2) is 91.2 Å². The van der Waals surface area contributed by atoms with E-state index in [0.29, 0.717) is 21.1 Å². The summed E-state index contributed by atoms with van der Waals surface area (Å²) in [7, 11) is 0. The molecule has 3 heterocycles. The quantitative estimate of drug-likeness (QED) is 0.291. The molecule has 0 atom stereocenters. The number of hydrogen-bond donors (Lipinski definition) is 1. The molecule has 0 aliphatic carbocycles. The molecule has 6 nitrogen and oxygen atoms in total. The first-order valence-corrected chi connectivity index (χ1v) is 10.8. The number of nitrogens with one attached hydrogen (secondary N) is 1. The van der Waals surface area contributed by atoms with Crippen molar-refractivity contribution in [3.8, 4) is 11.3 Å². The van der Waals surface area contributed by atoms with Crippen LogP contribution in [0.2, 0.25) is 0 Å². The van der Waals surface area contributed by atoms with Gasteiger partial charge in [-0.05, 0) is 58.4 Å². The van der Waals surface area contributed by atoms with Crippen molar-refractivity contribution in [3.63, 3.8) is 0 Å². The lowest BCUT2D eigenvalue weighted by Crippen LogP contribution is -2.20. The van der Waals surface area contributed by atoms with E-state index in [1.165, 1.54) is 6.07 Å². The van der Waals surface area contributed by atoms with Crippen LogP contribution >= 0.6 is 31.9 Å². The third kappa shape index (κ3) is 3.80. The van der Waals surface area contributed by atoms with Gasteiger partial charge in [-0.1, -0.05) is 34.1 Å². The summed E-state index contributed by atoms with van der Waals surface area (Å²) in [6.07, 6.45) is 3.88. The zero-order valence-corrected chi connectivity index (χ0v) is 19.0. The van der Waals surface area contributed by atoms with Crippen molar-refractivity contribution in [2.24, 2.45) is 0 Å². The highest BCUT2D eigenvalue weighted by atomic mass is 79.9. The lowest BCUT2D eigenvalue weighted by Gasteiger charge is -2.07. The summed E-state index contributed by atoms with van der Waals surface area (Å²) in [5, 5.41) is 3.38. The number of benzene rings is 2. The van der Waals surface area contributed by atoms with Crippen LogP contribution in [0.3, 0.4) is 0 Å². The average molecular weight is 539 g/mol. The van der Waals surface area contributed by atoms with Gasteiger partial charge in [-0.15, -0.1) is 0 Å². The first-order chi connectivity index (χ1) is 15.0. The van der Waals surface area contributed by atoms with Gasteiger partial charge in [0, 0.05) is 33.5 Å². The van der Waals surface area contributed by atoms with E-state index in [1.54, 1.807) is 24.3 Å². The molecule has 0 saturated carbocycles. The van der Waals surface area contributed by atoms with Crippen LogP contribution in [-0.2, 0) is 0 Å². The molecule has 1 amide bonds. The monoisotopic (exact) mass is 537 g/mol. The zero-order chi connectivity index (χ0) is 21.5. The van der Waals surface area contributed by atoms with Crippen molar-refractivity contribution in [1.29, 1.82) is 0 Å². The Bertz CT molecular complexity index is 1490. The van der Waals surface area contributed by atoms with Gasteiger partial charge in [0.15, 0.2) is 5.58 Å². The maximum atomic E-state index is 12.7. The molecule has 2 aromatic carbocycles. The van der Waals surface area contributed by atoms with Gasteiger partial charge >= 0.3 is 5.63 Å². The Labute approximate surface area is 192 Å².